The highest BCUT2D eigenvalue weighted by Crippen LogP contribution is 2.35. The molecule has 3 aliphatic rings. The quantitative estimate of drug-likeness (QED) is 0.444. The number of fused-ring (bicyclic) bond motifs is 1. The van der Waals surface area contributed by atoms with Crippen LogP contribution in [0.2, 0.25) is 0 Å². The minimum absolute atomic E-state index is 0.0353. The Hall–Kier alpha value is -1.80. The molecular weight excluding hydrogens is 386 g/mol. The smallest absolute Gasteiger partial charge is 0.315 e. The summed E-state index contributed by atoms with van der Waals surface area (Å²) in [6, 6.07) is 4.93. The summed E-state index contributed by atoms with van der Waals surface area (Å²) in [4.78, 5) is 30.4. The van der Waals surface area contributed by atoms with Crippen molar-refractivity contribution in [2.24, 2.45) is 5.92 Å². The van der Waals surface area contributed by atoms with E-state index in [0.717, 1.165) is 44.5 Å². The first-order chi connectivity index (χ1) is 14.1. The van der Waals surface area contributed by atoms with Crippen LogP contribution >= 0.6 is 11.8 Å². The first kappa shape index (κ1) is 20.5. The maximum Gasteiger partial charge on any atom is 0.315 e. The van der Waals surface area contributed by atoms with Crippen LogP contribution in [-0.2, 0) is 4.79 Å². The predicted molar refractivity (Wildman–Crippen MR) is 115 cm³/mol. The van der Waals surface area contributed by atoms with Crippen LogP contribution in [0.5, 0.6) is 0 Å². The van der Waals surface area contributed by atoms with E-state index in [1.54, 1.807) is 6.20 Å². The highest BCUT2D eigenvalue weighted by atomic mass is 32.2. The Kier molecular flexibility index (Phi) is 6.60. The standard InChI is InChI=1S/C21H31N5O2S/c1-26-10-8-15(20(26)14-5-4-9-22-11-14)12-23-18(27)7-3-2-6-17-19-16(13-29-17)24-21(28)25-19/h4-5,9,11,15-17,19-20H,2-3,6-8,10,12-13H2,1H3,(H,23,27)(H2,24,25,28)/t15-,16+,17-,19+,20+/m1/s1. The number of rotatable bonds is 8. The van der Waals surface area contributed by atoms with E-state index >= 15 is 0 Å². The van der Waals surface area contributed by atoms with Crippen molar-refractivity contribution in [1.82, 2.24) is 25.8 Å². The average Bonchev–Trinajstić information content (AvgIpc) is 3.38. The second-order valence-electron chi connectivity index (χ2n) is 8.43. The molecule has 29 heavy (non-hydrogen) atoms. The minimum Gasteiger partial charge on any atom is -0.356 e. The van der Waals surface area contributed by atoms with E-state index in [9.17, 15) is 9.59 Å². The minimum atomic E-state index is -0.0353. The van der Waals surface area contributed by atoms with E-state index in [-0.39, 0.29) is 24.0 Å². The fraction of sp³-hybridized carbons (Fsp3) is 0.667. The summed E-state index contributed by atoms with van der Waals surface area (Å²) in [6.07, 6.45) is 8.39. The van der Waals surface area contributed by atoms with Crippen molar-refractivity contribution in [3.05, 3.63) is 30.1 Å². The molecule has 158 valence electrons. The lowest BCUT2D eigenvalue weighted by atomic mass is 9.94. The van der Waals surface area contributed by atoms with Gasteiger partial charge in [-0.1, -0.05) is 12.5 Å². The fourth-order valence-electron chi connectivity index (χ4n) is 4.92. The molecule has 1 aromatic rings. The topological polar surface area (TPSA) is 86.4 Å². The molecule has 0 radical (unpaired) electrons. The van der Waals surface area contributed by atoms with Crippen molar-refractivity contribution in [3.63, 3.8) is 0 Å². The molecule has 0 spiro atoms. The number of nitrogens with one attached hydrogen (secondary N) is 3. The summed E-state index contributed by atoms with van der Waals surface area (Å²) >= 11 is 1.93. The van der Waals surface area contributed by atoms with Gasteiger partial charge in [0.05, 0.1) is 12.1 Å². The Morgan fingerprint density at radius 1 is 1.38 bits per heavy atom. The monoisotopic (exact) mass is 417 g/mol. The third-order valence-electron chi connectivity index (χ3n) is 6.44. The van der Waals surface area contributed by atoms with Gasteiger partial charge >= 0.3 is 6.03 Å². The van der Waals surface area contributed by atoms with Crippen molar-refractivity contribution < 1.29 is 9.59 Å². The Bertz CT molecular complexity index is 718. The van der Waals surface area contributed by atoms with Gasteiger partial charge in [-0.05, 0) is 50.4 Å². The molecular formula is C21H31N5O2S. The second-order valence-corrected chi connectivity index (χ2v) is 9.70. The van der Waals surface area contributed by atoms with Crippen LogP contribution in [-0.4, -0.2) is 65.0 Å². The van der Waals surface area contributed by atoms with E-state index in [1.807, 2.05) is 24.0 Å². The summed E-state index contributed by atoms with van der Waals surface area (Å²) < 4.78 is 0. The molecule has 0 unspecified atom stereocenters. The predicted octanol–water partition coefficient (Wildman–Crippen LogP) is 1.92. The van der Waals surface area contributed by atoms with Crippen molar-refractivity contribution in [2.75, 3.05) is 25.9 Å². The highest BCUT2D eigenvalue weighted by Gasteiger charge is 2.42. The maximum absolute atomic E-state index is 12.3. The molecule has 0 bridgehead atoms. The Morgan fingerprint density at radius 2 is 2.28 bits per heavy atom. The van der Waals surface area contributed by atoms with Crippen molar-refractivity contribution >= 4 is 23.7 Å². The molecule has 1 aromatic heterocycles. The molecule has 4 heterocycles. The summed E-state index contributed by atoms with van der Waals surface area (Å²) in [7, 11) is 2.15. The molecule has 7 nitrogen and oxygen atoms in total. The molecule has 4 rings (SSSR count). The van der Waals surface area contributed by atoms with E-state index in [4.69, 9.17) is 0 Å². The number of urea groups is 1. The van der Waals surface area contributed by atoms with Crippen LogP contribution in [0.1, 0.15) is 43.7 Å². The number of nitrogens with zero attached hydrogens (tertiary/aromatic N) is 2. The van der Waals surface area contributed by atoms with E-state index < -0.39 is 0 Å². The number of amides is 3. The zero-order chi connectivity index (χ0) is 20.2. The van der Waals surface area contributed by atoms with E-state index in [1.165, 1.54) is 5.56 Å². The fourth-order valence-corrected chi connectivity index (χ4v) is 6.47. The number of aromatic nitrogens is 1. The summed E-state index contributed by atoms with van der Waals surface area (Å²) in [5.41, 5.74) is 1.23. The van der Waals surface area contributed by atoms with Gasteiger partial charge in [0.2, 0.25) is 5.91 Å². The lowest BCUT2D eigenvalue weighted by Gasteiger charge is -2.25. The van der Waals surface area contributed by atoms with E-state index in [0.29, 0.717) is 23.6 Å². The van der Waals surface area contributed by atoms with Crippen LogP contribution in [0.25, 0.3) is 0 Å². The van der Waals surface area contributed by atoms with Crippen LogP contribution in [0.3, 0.4) is 0 Å². The van der Waals surface area contributed by atoms with Gasteiger partial charge in [-0.15, -0.1) is 0 Å². The molecule has 3 aliphatic heterocycles. The van der Waals surface area contributed by atoms with Crippen LogP contribution in [0.4, 0.5) is 4.79 Å². The summed E-state index contributed by atoms with van der Waals surface area (Å²) in [5.74, 6) is 1.57. The van der Waals surface area contributed by atoms with Gasteiger partial charge in [-0.25, -0.2) is 4.79 Å². The molecule has 0 aliphatic carbocycles. The number of carbonyl (C=O) groups is 2. The summed E-state index contributed by atoms with van der Waals surface area (Å²) in [6.45, 7) is 1.77. The largest absolute Gasteiger partial charge is 0.356 e. The normalized spacial score (nSPS) is 31.3. The lowest BCUT2D eigenvalue weighted by Crippen LogP contribution is -2.36. The number of carbonyl (C=O) groups excluding carboxylic acids is 2. The Labute approximate surface area is 176 Å². The van der Waals surface area contributed by atoms with Crippen LogP contribution < -0.4 is 16.0 Å². The first-order valence-corrected chi connectivity index (χ1v) is 11.7. The second kappa shape index (κ2) is 9.34. The highest BCUT2D eigenvalue weighted by molar-refractivity contribution is 8.00. The van der Waals surface area contributed by atoms with Gasteiger partial charge in [-0.3, -0.25) is 14.7 Å². The van der Waals surface area contributed by atoms with Gasteiger partial charge in [0.1, 0.15) is 0 Å². The molecule has 3 amide bonds. The third-order valence-corrected chi connectivity index (χ3v) is 7.95. The number of hydrogen-bond acceptors (Lipinski definition) is 5. The van der Waals surface area contributed by atoms with Crippen molar-refractivity contribution in [3.8, 4) is 0 Å². The first-order valence-electron chi connectivity index (χ1n) is 10.7. The SMILES string of the molecule is CN1CC[C@H](CNC(=O)CCCC[C@H]2SC[C@@H]3NC(=O)N[C@@H]32)[C@@H]1c1cccnc1. The maximum atomic E-state index is 12.3. The zero-order valence-electron chi connectivity index (χ0n) is 17.0. The number of thioether (sulfide) groups is 1. The molecule has 0 saturated carbocycles. The van der Waals surface area contributed by atoms with Crippen LogP contribution in [0, 0.1) is 5.92 Å². The van der Waals surface area contributed by atoms with Gasteiger partial charge in [0.25, 0.3) is 0 Å². The molecule has 3 saturated heterocycles. The van der Waals surface area contributed by atoms with Gasteiger partial charge in [-0.2, -0.15) is 11.8 Å². The zero-order valence-corrected chi connectivity index (χ0v) is 17.8. The molecule has 8 heteroatoms. The third kappa shape index (κ3) is 4.86. The molecule has 3 N–H and O–H groups in total. The van der Waals surface area contributed by atoms with Crippen molar-refractivity contribution in [1.29, 1.82) is 0 Å². The molecule has 5 atom stereocenters. The lowest BCUT2D eigenvalue weighted by molar-refractivity contribution is -0.121. The number of hydrogen-bond donors (Lipinski definition) is 3. The summed E-state index contributed by atoms with van der Waals surface area (Å²) in [5, 5.41) is 9.63. The molecule has 0 aromatic carbocycles. The van der Waals surface area contributed by atoms with E-state index in [2.05, 4.69) is 38.9 Å². The Balaban J connectivity index is 1.15. The Morgan fingerprint density at radius 3 is 3.10 bits per heavy atom. The number of unbranched alkanes of at least 4 members (excludes halogenated alkanes) is 1. The van der Waals surface area contributed by atoms with Crippen LogP contribution in [0.15, 0.2) is 24.5 Å². The molecule has 3 fully saturated rings. The number of pyridine rings is 1. The van der Waals surface area contributed by atoms with Gasteiger partial charge in [0, 0.05) is 42.4 Å². The van der Waals surface area contributed by atoms with Gasteiger partial charge in [0.15, 0.2) is 0 Å². The average molecular weight is 418 g/mol. The van der Waals surface area contributed by atoms with Crippen molar-refractivity contribution in [2.45, 2.75) is 55.5 Å². The number of likely N-dealkylation sites (tertiary alicyclic amines) is 1. The van der Waals surface area contributed by atoms with Gasteiger partial charge < -0.3 is 16.0 Å².